The molecular formula is C12H10ClN3O2. The van der Waals surface area contributed by atoms with Crippen LogP contribution in [-0.4, -0.2) is 21.4 Å². The molecule has 0 radical (unpaired) electrons. The molecule has 0 saturated carbocycles. The Hall–Kier alpha value is -2.14. The van der Waals surface area contributed by atoms with E-state index in [1.807, 2.05) is 0 Å². The molecule has 0 amide bonds. The van der Waals surface area contributed by atoms with E-state index in [2.05, 4.69) is 15.3 Å². The van der Waals surface area contributed by atoms with Crippen molar-refractivity contribution >= 4 is 23.7 Å². The Bertz CT molecular complexity index is 558. The fourth-order valence-corrected chi connectivity index (χ4v) is 1.60. The van der Waals surface area contributed by atoms with E-state index in [-0.39, 0.29) is 16.5 Å². The first kappa shape index (κ1) is 12.3. The van der Waals surface area contributed by atoms with Gasteiger partial charge in [-0.05, 0) is 17.7 Å². The third-order valence-corrected chi connectivity index (χ3v) is 2.65. The summed E-state index contributed by atoms with van der Waals surface area (Å²) in [6, 6.07) is 6.71. The molecule has 0 saturated heterocycles. The minimum atomic E-state index is 0.119. The summed E-state index contributed by atoms with van der Waals surface area (Å²) >= 11 is 5.78. The van der Waals surface area contributed by atoms with E-state index in [0.717, 1.165) is 5.56 Å². The summed E-state index contributed by atoms with van der Waals surface area (Å²) in [6.45, 7) is 0.467. The van der Waals surface area contributed by atoms with Crippen LogP contribution < -0.4 is 5.32 Å². The molecule has 0 atom stereocenters. The van der Waals surface area contributed by atoms with Crippen LogP contribution in [-0.2, 0) is 6.54 Å². The summed E-state index contributed by atoms with van der Waals surface area (Å²) in [4.78, 5) is 18.5. The van der Waals surface area contributed by atoms with Gasteiger partial charge >= 0.3 is 0 Å². The molecule has 18 heavy (non-hydrogen) atoms. The number of phenols is 1. The molecule has 0 spiro atoms. The minimum absolute atomic E-state index is 0.119. The third-order valence-electron chi connectivity index (χ3n) is 2.35. The van der Waals surface area contributed by atoms with E-state index >= 15 is 0 Å². The lowest BCUT2D eigenvalue weighted by Crippen LogP contribution is -2.05. The highest BCUT2D eigenvalue weighted by Crippen LogP contribution is 2.18. The molecule has 5 nitrogen and oxygen atoms in total. The maximum Gasteiger partial charge on any atom is 0.156 e. The van der Waals surface area contributed by atoms with Crippen molar-refractivity contribution in [2.75, 3.05) is 5.32 Å². The number of aldehydes is 1. The number of aromatic hydroxyl groups is 1. The number of aromatic nitrogens is 2. The Kier molecular flexibility index (Phi) is 3.74. The number of carbonyl (C=O) groups excluding carboxylic acids is 1. The first-order valence-electron chi connectivity index (χ1n) is 5.18. The predicted molar refractivity (Wildman–Crippen MR) is 67.9 cm³/mol. The van der Waals surface area contributed by atoms with Gasteiger partial charge in [-0.25, -0.2) is 9.97 Å². The summed E-state index contributed by atoms with van der Waals surface area (Å²) in [5.41, 5.74) is 1.18. The van der Waals surface area contributed by atoms with Gasteiger partial charge < -0.3 is 10.4 Å². The van der Waals surface area contributed by atoms with Crippen LogP contribution in [0.1, 0.15) is 15.9 Å². The highest BCUT2D eigenvalue weighted by molar-refractivity contribution is 6.32. The van der Waals surface area contributed by atoms with Crippen molar-refractivity contribution in [1.29, 1.82) is 0 Å². The van der Waals surface area contributed by atoms with Crippen molar-refractivity contribution < 1.29 is 9.90 Å². The van der Waals surface area contributed by atoms with Gasteiger partial charge in [0.15, 0.2) is 6.29 Å². The Balaban J connectivity index is 2.13. The fraction of sp³-hybridized carbons (Fsp3) is 0.0833. The number of rotatable bonds is 4. The molecule has 1 heterocycles. The van der Waals surface area contributed by atoms with Crippen LogP contribution in [0.15, 0.2) is 30.6 Å². The smallest absolute Gasteiger partial charge is 0.156 e. The van der Waals surface area contributed by atoms with Crippen molar-refractivity contribution in [3.63, 3.8) is 0 Å². The van der Waals surface area contributed by atoms with E-state index in [0.29, 0.717) is 18.6 Å². The van der Waals surface area contributed by atoms with Crippen molar-refractivity contribution in [2.45, 2.75) is 6.54 Å². The van der Waals surface area contributed by atoms with Crippen LogP contribution in [0.2, 0.25) is 5.15 Å². The second-order valence-electron chi connectivity index (χ2n) is 3.56. The van der Waals surface area contributed by atoms with Gasteiger partial charge in [0.2, 0.25) is 0 Å². The number of anilines is 1. The predicted octanol–water partition coefficient (Wildman–Crippen LogP) is 2.26. The Labute approximate surface area is 108 Å². The van der Waals surface area contributed by atoms with Crippen molar-refractivity contribution in [3.05, 3.63) is 46.9 Å². The molecule has 92 valence electrons. The van der Waals surface area contributed by atoms with Crippen molar-refractivity contribution in [3.8, 4) is 5.75 Å². The molecule has 0 aliphatic heterocycles. The Morgan fingerprint density at radius 2 is 2.00 bits per heavy atom. The molecule has 6 heteroatoms. The summed E-state index contributed by atoms with van der Waals surface area (Å²) in [7, 11) is 0. The zero-order valence-electron chi connectivity index (χ0n) is 9.30. The molecule has 0 aliphatic rings. The molecule has 1 aromatic heterocycles. The zero-order valence-corrected chi connectivity index (χ0v) is 10.1. The van der Waals surface area contributed by atoms with Crippen LogP contribution >= 0.6 is 11.6 Å². The van der Waals surface area contributed by atoms with Gasteiger partial charge in [0.1, 0.15) is 23.0 Å². The molecule has 2 N–H and O–H groups in total. The van der Waals surface area contributed by atoms with Crippen LogP contribution in [0, 0.1) is 0 Å². The largest absolute Gasteiger partial charge is 0.508 e. The van der Waals surface area contributed by atoms with Crippen LogP contribution in [0.3, 0.4) is 0 Å². The van der Waals surface area contributed by atoms with E-state index in [1.165, 1.54) is 6.33 Å². The Morgan fingerprint density at radius 1 is 1.28 bits per heavy atom. The monoisotopic (exact) mass is 263 g/mol. The van der Waals surface area contributed by atoms with Gasteiger partial charge in [-0.3, -0.25) is 4.79 Å². The average molecular weight is 264 g/mol. The summed E-state index contributed by atoms with van der Waals surface area (Å²) < 4.78 is 0. The number of nitrogens with one attached hydrogen (secondary N) is 1. The molecule has 0 fully saturated rings. The fourth-order valence-electron chi connectivity index (χ4n) is 1.42. The van der Waals surface area contributed by atoms with E-state index in [4.69, 9.17) is 16.7 Å². The highest BCUT2D eigenvalue weighted by Gasteiger charge is 2.08. The lowest BCUT2D eigenvalue weighted by atomic mass is 10.2. The van der Waals surface area contributed by atoms with E-state index < -0.39 is 0 Å². The number of nitrogens with zero attached hydrogens (tertiary/aromatic N) is 2. The topological polar surface area (TPSA) is 75.1 Å². The van der Waals surface area contributed by atoms with Gasteiger partial charge in [0.25, 0.3) is 0 Å². The molecule has 1 aromatic carbocycles. The maximum atomic E-state index is 10.9. The highest BCUT2D eigenvalue weighted by atomic mass is 35.5. The molecule has 0 bridgehead atoms. The SMILES string of the molecule is O=Cc1c(Cl)ncnc1NCc1ccc(O)cc1. The molecule has 2 aromatic rings. The van der Waals surface area contributed by atoms with Crippen molar-refractivity contribution in [1.82, 2.24) is 9.97 Å². The first-order chi connectivity index (χ1) is 8.70. The van der Waals surface area contributed by atoms with Gasteiger partial charge in [0.05, 0.1) is 5.56 Å². The lowest BCUT2D eigenvalue weighted by Gasteiger charge is -2.08. The van der Waals surface area contributed by atoms with Gasteiger partial charge in [-0.2, -0.15) is 0 Å². The Morgan fingerprint density at radius 3 is 2.67 bits per heavy atom. The van der Waals surface area contributed by atoms with Crippen LogP contribution in [0.4, 0.5) is 5.82 Å². The minimum Gasteiger partial charge on any atom is -0.508 e. The van der Waals surface area contributed by atoms with Gasteiger partial charge in [0, 0.05) is 6.54 Å². The lowest BCUT2D eigenvalue weighted by molar-refractivity contribution is 0.112. The average Bonchev–Trinajstić information content (AvgIpc) is 2.38. The van der Waals surface area contributed by atoms with Gasteiger partial charge in [-0.1, -0.05) is 23.7 Å². The summed E-state index contributed by atoms with van der Waals surface area (Å²) in [5.74, 6) is 0.593. The summed E-state index contributed by atoms with van der Waals surface area (Å²) in [6.07, 6.45) is 1.90. The number of halogens is 1. The van der Waals surface area contributed by atoms with Crippen molar-refractivity contribution in [2.24, 2.45) is 0 Å². The van der Waals surface area contributed by atoms with Crippen LogP contribution in [0.25, 0.3) is 0 Å². The first-order valence-corrected chi connectivity index (χ1v) is 5.56. The normalized spacial score (nSPS) is 10.1. The standard InChI is InChI=1S/C12H10ClN3O2/c13-11-10(6-17)12(16-7-15-11)14-5-8-1-3-9(18)4-2-8/h1-4,6-7,18H,5H2,(H,14,15,16). The summed E-state index contributed by atoms with van der Waals surface area (Å²) in [5, 5.41) is 12.3. The molecule has 0 unspecified atom stereocenters. The number of phenolic OH excluding ortho intramolecular Hbond substituents is 1. The zero-order chi connectivity index (χ0) is 13.0. The number of carbonyl (C=O) groups is 1. The number of hydrogen-bond donors (Lipinski definition) is 2. The quantitative estimate of drug-likeness (QED) is 0.654. The second-order valence-corrected chi connectivity index (χ2v) is 3.92. The number of benzene rings is 1. The molecular weight excluding hydrogens is 254 g/mol. The second kappa shape index (κ2) is 5.46. The molecule has 2 rings (SSSR count). The third kappa shape index (κ3) is 2.75. The van der Waals surface area contributed by atoms with E-state index in [1.54, 1.807) is 24.3 Å². The number of hydrogen-bond acceptors (Lipinski definition) is 5. The van der Waals surface area contributed by atoms with E-state index in [9.17, 15) is 4.79 Å². The van der Waals surface area contributed by atoms with Gasteiger partial charge in [-0.15, -0.1) is 0 Å². The van der Waals surface area contributed by atoms with Crippen LogP contribution in [0.5, 0.6) is 5.75 Å². The molecule has 0 aliphatic carbocycles. The maximum absolute atomic E-state index is 10.9.